The van der Waals surface area contributed by atoms with Gasteiger partial charge in [0.05, 0.1) is 11.8 Å². The fourth-order valence-electron chi connectivity index (χ4n) is 1.85. The van der Waals surface area contributed by atoms with Gasteiger partial charge in [-0.1, -0.05) is 13.8 Å². The van der Waals surface area contributed by atoms with Crippen LogP contribution in [0.3, 0.4) is 0 Å². The Hall–Kier alpha value is -2.44. The third-order valence-electron chi connectivity index (χ3n) is 3.49. The summed E-state index contributed by atoms with van der Waals surface area (Å²) in [6, 6.07) is 1.07. The number of amidine groups is 1. The molecule has 2 rings (SSSR count). The van der Waals surface area contributed by atoms with Gasteiger partial charge in [-0.25, -0.2) is 14.8 Å². The maximum absolute atomic E-state index is 12.0. The van der Waals surface area contributed by atoms with E-state index in [0.717, 1.165) is 12.3 Å². The fourth-order valence-corrected chi connectivity index (χ4v) is 1.85. The summed E-state index contributed by atoms with van der Waals surface area (Å²) in [5.41, 5.74) is -1.13. The highest BCUT2D eigenvalue weighted by molar-refractivity contribution is 6.17. The number of carboxylic acid groups (broad SMARTS) is 1. The van der Waals surface area contributed by atoms with Crippen molar-refractivity contribution in [2.75, 3.05) is 0 Å². The first-order chi connectivity index (χ1) is 9.25. The molecule has 1 atom stereocenters. The Morgan fingerprint density at radius 2 is 2.10 bits per heavy atom. The molecule has 1 aromatic rings. The summed E-state index contributed by atoms with van der Waals surface area (Å²) in [4.78, 5) is 31.4. The third-order valence-corrected chi connectivity index (χ3v) is 3.49. The molecule has 1 unspecified atom stereocenters. The lowest BCUT2D eigenvalue weighted by Gasteiger charge is -2.21. The quantitative estimate of drug-likeness (QED) is 0.755. The summed E-state index contributed by atoms with van der Waals surface area (Å²) < 4.78 is 0. The second-order valence-electron chi connectivity index (χ2n) is 5.11. The van der Waals surface area contributed by atoms with Crippen LogP contribution in [-0.4, -0.2) is 38.4 Å². The van der Waals surface area contributed by atoms with E-state index in [1.807, 2.05) is 13.8 Å². The van der Waals surface area contributed by atoms with Crippen LogP contribution < -0.4 is 5.32 Å². The number of amides is 1. The van der Waals surface area contributed by atoms with Crippen molar-refractivity contribution in [3.63, 3.8) is 0 Å². The number of aromatic carboxylic acids is 1. The normalized spacial score (nSPS) is 21.8. The Morgan fingerprint density at radius 3 is 2.60 bits per heavy atom. The van der Waals surface area contributed by atoms with Crippen molar-refractivity contribution in [1.82, 2.24) is 10.3 Å². The standard InChI is InChI=1S/C13H15N3O4/c1-6(2)13(3)12(20)15-10(16-13)9-8(11(18)19)4-7(17)5-14-9/h4-6,17H,1-3H3,(H,18,19)(H,15,16,20). The zero-order valence-corrected chi connectivity index (χ0v) is 11.3. The summed E-state index contributed by atoms with van der Waals surface area (Å²) in [5.74, 6) is -1.75. The number of nitrogens with one attached hydrogen (secondary N) is 1. The number of carbonyl (C=O) groups is 2. The zero-order chi connectivity index (χ0) is 15.1. The topological polar surface area (TPSA) is 112 Å². The minimum Gasteiger partial charge on any atom is -0.506 e. The van der Waals surface area contributed by atoms with Crippen LogP contribution in [0.2, 0.25) is 0 Å². The maximum Gasteiger partial charge on any atom is 0.338 e. The van der Waals surface area contributed by atoms with E-state index in [9.17, 15) is 14.7 Å². The van der Waals surface area contributed by atoms with Crippen LogP contribution in [0.15, 0.2) is 17.3 Å². The number of aromatic hydroxyl groups is 1. The van der Waals surface area contributed by atoms with Crippen molar-refractivity contribution in [3.05, 3.63) is 23.5 Å². The molecule has 0 aromatic carbocycles. The van der Waals surface area contributed by atoms with Crippen molar-refractivity contribution in [2.45, 2.75) is 26.3 Å². The summed E-state index contributed by atoms with van der Waals surface area (Å²) in [6.45, 7) is 5.39. The molecule has 3 N–H and O–H groups in total. The van der Waals surface area contributed by atoms with Crippen LogP contribution in [0.25, 0.3) is 0 Å². The van der Waals surface area contributed by atoms with Gasteiger partial charge in [0.25, 0.3) is 5.91 Å². The summed E-state index contributed by atoms with van der Waals surface area (Å²) >= 11 is 0. The lowest BCUT2D eigenvalue weighted by Crippen LogP contribution is -2.41. The number of aliphatic imine (C=N–C) groups is 1. The van der Waals surface area contributed by atoms with E-state index in [4.69, 9.17) is 5.11 Å². The first kappa shape index (κ1) is 14.0. The van der Waals surface area contributed by atoms with Gasteiger partial charge in [-0.3, -0.25) is 4.79 Å². The first-order valence-corrected chi connectivity index (χ1v) is 6.09. The minimum absolute atomic E-state index is 0.0352. The smallest absolute Gasteiger partial charge is 0.338 e. The number of hydrogen-bond acceptors (Lipinski definition) is 5. The average Bonchev–Trinajstić information content (AvgIpc) is 2.66. The highest BCUT2D eigenvalue weighted by Gasteiger charge is 2.43. The minimum atomic E-state index is -1.25. The lowest BCUT2D eigenvalue weighted by atomic mass is 9.89. The highest BCUT2D eigenvalue weighted by atomic mass is 16.4. The van der Waals surface area contributed by atoms with Crippen LogP contribution in [-0.2, 0) is 4.79 Å². The molecule has 0 saturated carbocycles. The zero-order valence-electron chi connectivity index (χ0n) is 11.3. The van der Waals surface area contributed by atoms with Crippen LogP contribution in [0.4, 0.5) is 0 Å². The fraction of sp³-hybridized carbons (Fsp3) is 0.385. The second kappa shape index (κ2) is 4.59. The molecule has 0 radical (unpaired) electrons. The second-order valence-corrected chi connectivity index (χ2v) is 5.11. The Bertz CT molecular complexity index is 624. The highest BCUT2D eigenvalue weighted by Crippen LogP contribution is 2.27. The number of pyridine rings is 1. The van der Waals surface area contributed by atoms with Crippen LogP contribution >= 0.6 is 0 Å². The van der Waals surface area contributed by atoms with E-state index in [-0.39, 0.29) is 34.7 Å². The Balaban J connectivity index is 2.54. The number of aromatic nitrogens is 1. The molecule has 1 amide bonds. The molecule has 0 saturated heterocycles. The molecular formula is C13H15N3O4. The molecule has 1 aliphatic rings. The largest absolute Gasteiger partial charge is 0.506 e. The number of nitrogens with zero attached hydrogens (tertiary/aromatic N) is 2. The predicted octanol–water partition coefficient (Wildman–Crippen LogP) is 0.776. The maximum atomic E-state index is 12.0. The van der Waals surface area contributed by atoms with Gasteiger partial charge in [-0.2, -0.15) is 0 Å². The van der Waals surface area contributed by atoms with Crippen molar-refractivity contribution in [1.29, 1.82) is 0 Å². The SMILES string of the molecule is CC(C)C1(C)N=C(c2ncc(O)cc2C(=O)O)NC1=O. The predicted molar refractivity (Wildman–Crippen MR) is 70.8 cm³/mol. The van der Waals surface area contributed by atoms with Gasteiger partial charge in [-0.05, 0) is 18.9 Å². The monoisotopic (exact) mass is 277 g/mol. The lowest BCUT2D eigenvalue weighted by molar-refractivity contribution is -0.124. The number of rotatable bonds is 3. The average molecular weight is 277 g/mol. The van der Waals surface area contributed by atoms with Gasteiger partial charge in [0.15, 0.2) is 5.84 Å². The summed E-state index contributed by atoms with van der Waals surface area (Å²) in [6.07, 6.45) is 1.11. The van der Waals surface area contributed by atoms with Crippen molar-refractivity contribution < 1.29 is 19.8 Å². The van der Waals surface area contributed by atoms with Crippen molar-refractivity contribution in [2.24, 2.45) is 10.9 Å². The molecule has 0 bridgehead atoms. The molecular weight excluding hydrogens is 262 g/mol. The Labute approximate surface area is 115 Å². The molecule has 7 nitrogen and oxygen atoms in total. The molecule has 2 heterocycles. The molecule has 0 spiro atoms. The van der Waals surface area contributed by atoms with E-state index in [0.29, 0.717) is 0 Å². The van der Waals surface area contributed by atoms with Gasteiger partial charge >= 0.3 is 5.97 Å². The molecule has 106 valence electrons. The van der Waals surface area contributed by atoms with Crippen molar-refractivity contribution in [3.8, 4) is 5.75 Å². The van der Waals surface area contributed by atoms with E-state index in [1.165, 1.54) is 0 Å². The number of carboxylic acids is 1. The van der Waals surface area contributed by atoms with Crippen LogP contribution in [0, 0.1) is 5.92 Å². The third kappa shape index (κ3) is 2.11. The van der Waals surface area contributed by atoms with E-state index >= 15 is 0 Å². The number of hydrogen-bond donors (Lipinski definition) is 3. The van der Waals surface area contributed by atoms with Crippen LogP contribution in [0.5, 0.6) is 5.75 Å². The Morgan fingerprint density at radius 1 is 1.45 bits per heavy atom. The molecule has 0 aliphatic carbocycles. The van der Waals surface area contributed by atoms with Gasteiger partial charge in [0.1, 0.15) is 17.0 Å². The molecule has 1 aliphatic heterocycles. The van der Waals surface area contributed by atoms with E-state index in [2.05, 4.69) is 15.3 Å². The molecule has 0 fully saturated rings. The Kier molecular flexibility index (Phi) is 3.21. The van der Waals surface area contributed by atoms with Crippen LogP contribution in [0.1, 0.15) is 36.8 Å². The van der Waals surface area contributed by atoms with Gasteiger partial charge < -0.3 is 15.5 Å². The molecule has 1 aromatic heterocycles. The molecule has 20 heavy (non-hydrogen) atoms. The summed E-state index contributed by atoms with van der Waals surface area (Å²) in [7, 11) is 0. The van der Waals surface area contributed by atoms with Gasteiger partial charge in [0.2, 0.25) is 0 Å². The van der Waals surface area contributed by atoms with E-state index < -0.39 is 11.5 Å². The van der Waals surface area contributed by atoms with Gasteiger partial charge in [-0.15, -0.1) is 0 Å². The first-order valence-electron chi connectivity index (χ1n) is 6.09. The van der Waals surface area contributed by atoms with E-state index in [1.54, 1.807) is 6.92 Å². The molecule has 7 heteroatoms. The van der Waals surface area contributed by atoms with Gasteiger partial charge in [0, 0.05) is 0 Å². The van der Waals surface area contributed by atoms with Crippen molar-refractivity contribution >= 4 is 17.7 Å². The number of carbonyl (C=O) groups excluding carboxylic acids is 1. The summed E-state index contributed by atoms with van der Waals surface area (Å²) in [5, 5.41) is 21.0.